The average molecular weight is 554 g/mol. The molecule has 0 radical (unpaired) electrons. The Morgan fingerprint density at radius 2 is 1.77 bits per heavy atom. The minimum Gasteiger partial charge on any atom is -0.497 e. The molecule has 1 N–H and O–H groups in total. The number of benzene rings is 2. The molecular weight excluding hydrogens is 531 g/mol. The van der Waals surface area contributed by atoms with Gasteiger partial charge in [0.2, 0.25) is 10.0 Å². The molecule has 2 heterocycles. The summed E-state index contributed by atoms with van der Waals surface area (Å²) in [7, 11) is -0.981. The summed E-state index contributed by atoms with van der Waals surface area (Å²) in [5.41, 5.74) is 1.08. The Hall–Kier alpha value is -4.47. The van der Waals surface area contributed by atoms with E-state index in [0.717, 1.165) is 11.6 Å². The average Bonchev–Trinajstić information content (AvgIpc) is 2.93. The Morgan fingerprint density at radius 1 is 1.03 bits per heavy atom. The highest BCUT2D eigenvalue weighted by molar-refractivity contribution is 7.89. The number of pyridine rings is 2. The van der Waals surface area contributed by atoms with Crippen molar-refractivity contribution in [2.75, 3.05) is 19.5 Å². The molecule has 0 aliphatic heterocycles. The number of anilines is 2. The van der Waals surface area contributed by atoms with E-state index in [0.29, 0.717) is 34.5 Å². The summed E-state index contributed by atoms with van der Waals surface area (Å²) in [5.74, 6) is 0.750. The Labute approximate surface area is 223 Å². The maximum Gasteiger partial charge on any atom is 0.417 e. The van der Waals surface area contributed by atoms with Crippen LogP contribution in [0.3, 0.4) is 0 Å². The van der Waals surface area contributed by atoms with Gasteiger partial charge in [0.25, 0.3) is 0 Å². The first-order chi connectivity index (χ1) is 18.5. The van der Waals surface area contributed by atoms with Crippen LogP contribution in [-0.2, 0) is 22.7 Å². The minimum absolute atomic E-state index is 0.0383. The van der Waals surface area contributed by atoms with Gasteiger partial charge < -0.3 is 10.1 Å². The molecule has 200 valence electrons. The van der Waals surface area contributed by atoms with E-state index < -0.39 is 21.8 Å². The summed E-state index contributed by atoms with van der Waals surface area (Å²) in [6, 6.07) is 18.3. The second-order valence-corrected chi connectivity index (χ2v) is 10.5. The number of sulfonamides is 1. The summed E-state index contributed by atoms with van der Waals surface area (Å²) in [6.07, 6.45) is -2.43. The molecule has 0 atom stereocenters. The second kappa shape index (κ2) is 11.1. The third-order valence-electron chi connectivity index (χ3n) is 5.78. The Morgan fingerprint density at radius 3 is 2.38 bits per heavy atom. The molecule has 0 aliphatic rings. The Kier molecular flexibility index (Phi) is 7.85. The smallest absolute Gasteiger partial charge is 0.417 e. The predicted molar refractivity (Wildman–Crippen MR) is 139 cm³/mol. The fourth-order valence-corrected chi connectivity index (χ4v) is 4.86. The number of hydrogen-bond donors (Lipinski definition) is 1. The van der Waals surface area contributed by atoms with Crippen LogP contribution < -0.4 is 10.1 Å². The van der Waals surface area contributed by atoms with Crippen LogP contribution in [0.1, 0.15) is 16.7 Å². The van der Waals surface area contributed by atoms with E-state index in [4.69, 9.17) is 4.74 Å². The summed E-state index contributed by atoms with van der Waals surface area (Å²) in [6.45, 7) is 0.0965. The van der Waals surface area contributed by atoms with Gasteiger partial charge in [0.05, 0.1) is 34.9 Å². The Balaban J connectivity index is 1.71. The topological polar surface area (TPSA) is 108 Å². The lowest BCUT2D eigenvalue weighted by Gasteiger charge is -2.19. The molecule has 2 aromatic heterocycles. The zero-order valence-electron chi connectivity index (χ0n) is 20.8. The molecule has 0 spiro atoms. The van der Waals surface area contributed by atoms with E-state index >= 15 is 0 Å². The van der Waals surface area contributed by atoms with E-state index in [2.05, 4.69) is 15.3 Å². The van der Waals surface area contributed by atoms with Crippen LogP contribution in [0, 0.1) is 11.3 Å². The fraction of sp³-hybridized carbons (Fsp3) is 0.148. The maximum atomic E-state index is 13.5. The number of halogens is 3. The van der Waals surface area contributed by atoms with Crippen molar-refractivity contribution < 1.29 is 26.3 Å². The number of rotatable bonds is 8. The number of alkyl halides is 3. The van der Waals surface area contributed by atoms with E-state index in [9.17, 15) is 26.9 Å². The molecule has 4 aromatic rings. The van der Waals surface area contributed by atoms with Crippen molar-refractivity contribution in [3.05, 3.63) is 95.8 Å². The highest BCUT2D eigenvalue weighted by atomic mass is 32.2. The first-order valence-corrected chi connectivity index (χ1v) is 12.9. The van der Waals surface area contributed by atoms with Gasteiger partial charge in [-0.1, -0.05) is 12.1 Å². The van der Waals surface area contributed by atoms with E-state index in [1.165, 1.54) is 61.1 Å². The minimum atomic E-state index is -4.54. The van der Waals surface area contributed by atoms with Crippen molar-refractivity contribution in [3.63, 3.8) is 0 Å². The number of hydrogen-bond acceptors (Lipinski definition) is 7. The van der Waals surface area contributed by atoms with Crippen molar-refractivity contribution >= 4 is 21.5 Å². The third kappa shape index (κ3) is 6.34. The lowest BCUT2D eigenvalue weighted by Crippen LogP contribution is -2.26. The molecule has 39 heavy (non-hydrogen) atoms. The lowest BCUT2D eigenvalue weighted by molar-refractivity contribution is -0.137. The molecular formula is C27H22F3N5O3S. The van der Waals surface area contributed by atoms with Crippen LogP contribution in [0.5, 0.6) is 5.75 Å². The molecule has 0 saturated carbocycles. The number of ether oxygens (including phenoxy) is 1. The lowest BCUT2D eigenvalue weighted by atomic mass is 10.1. The van der Waals surface area contributed by atoms with Gasteiger partial charge in [-0.3, -0.25) is 4.98 Å². The number of nitrogens with zero attached hydrogens (tertiary/aromatic N) is 4. The fourth-order valence-electron chi connectivity index (χ4n) is 3.68. The number of nitrogens with one attached hydrogen (secondary N) is 1. The van der Waals surface area contributed by atoms with Gasteiger partial charge in [0.1, 0.15) is 11.6 Å². The van der Waals surface area contributed by atoms with E-state index in [1.54, 1.807) is 24.3 Å². The summed E-state index contributed by atoms with van der Waals surface area (Å²) in [5, 5.41) is 12.3. The van der Waals surface area contributed by atoms with Crippen LogP contribution in [-0.4, -0.2) is 36.8 Å². The molecule has 2 aromatic carbocycles. The monoisotopic (exact) mass is 553 g/mol. The van der Waals surface area contributed by atoms with Gasteiger partial charge in [-0.05, 0) is 60.2 Å². The SMILES string of the molecule is COc1ccc(CN(C)S(=O)(=O)c2ccc(Nc3ccc(C(F)(F)F)cn3)c(-c3cc(C#N)ccn3)c2)cc1. The standard InChI is InChI=1S/C27H22F3N5O3S/c1-35(17-18-3-6-21(38-2)7-4-18)39(36,37)22-8-9-24(23(14-22)25-13-19(15-31)11-12-32-25)34-26-10-5-20(16-33-26)27(28,29)30/h3-14,16H,17H2,1-2H3,(H,33,34). The van der Waals surface area contributed by atoms with Gasteiger partial charge in [-0.15, -0.1) is 0 Å². The molecule has 8 nitrogen and oxygen atoms in total. The normalized spacial score (nSPS) is 11.7. The van der Waals surface area contributed by atoms with Crippen molar-refractivity contribution in [2.45, 2.75) is 17.6 Å². The highest BCUT2D eigenvalue weighted by Gasteiger charge is 2.30. The van der Waals surface area contributed by atoms with Crippen molar-refractivity contribution in [1.82, 2.24) is 14.3 Å². The van der Waals surface area contributed by atoms with Gasteiger partial charge >= 0.3 is 6.18 Å². The van der Waals surface area contributed by atoms with Crippen molar-refractivity contribution in [1.29, 1.82) is 5.26 Å². The molecule has 4 rings (SSSR count). The largest absolute Gasteiger partial charge is 0.497 e. The predicted octanol–water partition coefficient (Wildman–Crippen LogP) is 5.61. The quantitative estimate of drug-likeness (QED) is 0.302. The summed E-state index contributed by atoms with van der Waals surface area (Å²) < 4.78 is 72.0. The van der Waals surface area contributed by atoms with Gasteiger partial charge in [0, 0.05) is 37.2 Å². The number of methoxy groups -OCH3 is 1. The first-order valence-electron chi connectivity index (χ1n) is 11.4. The van der Waals surface area contributed by atoms with Crippen LogP contribution >= 0.6 is 0 Å². The third-order valence-corrected chi connectivity index (χ3v) is 7.58. The van der Waals surface area contributed by atoms with Gasteiger partial charge in [0.15, 0.2) is 0 Å². The molecule has 0 saturated heterocycles. The first kappa shape index (κ1) is 27.6. The zero-order valence-corrected chi connectivity index (χ0v) is 21.6. The number of nitriles is 1. The van der Waals surface area contributed by atoms with Crippen LogP contribution in [0.25, 0.3) is 11.3 Å². The molecule has 0 fully saturated rings. The molecule has 0 aliphatic carbocycles. The molecule has 0 unspecified atom stereocenters. The summed E-state index contributed by atoms with van der Waals surface area (Å²) in [4.78, 5) is 8.07. The van der Waals surface area contributed by atoms with Crippen LogP contribution in [0.4, 0.5) is 24.7 Å². The molecule has 0 amide bonds. The second-order valence-electron chi connectivity index (χ2n) is 8.41. The maximum absolute atomic E-state index is 13.5. The summed E-state index contributed by atoms with van der Waals surface area (Å²) >= 11 is 0. The zero-order chi connectivity index (χ0) is 28.2. The molecule has 12 heteroatoms. The van der Waals surface area contributed by atoms with E-state index in [-0.39, 0.29) is 17.3 Å². The van der Waals surface area contributed by atoms with Crippen molar-refractivity contribution in [3.8, 4) is 23.1 Å². The van der Waals surface area contributed by atoms with Gasteiger partial charge in [-0.25, -0.2) is 13.4 Å². The van der Waals surface area contributed by atoms with Crippen LogP contribution in [0.15, 0.2) is 84.0 Å². The van der Waals surface area contributed by atoms with Crippen LogP contribution in [0.2, 0.25) is 0 Å². The Bertz CT molecular complexity index is 1620. The number of aromatic nitrogens is 2. The van der Waals surface area contributed by atoms with Gasteiger partial charge in [-0.2, -0.15) is 22.7 Å². The highest BCUT2D eigenvalue weighted by Crippen LogP contribution is 2.34. The van der Waals surface area contributed by atoms with E-state index in [1.807, 2.05) is 6.07 Å². The molecule has 0 bridgehead atoms. The van der Waals surface area contributed by atoms with Crippen molar-refractivity contribution in [2.24, 2.45) is 0 Å².